The van der Waals surface area contributed by atoms with Crippen LogP contribution in [0, 0.1) is 17.8 Å². The van der Waals surface area contributed by atoms with Crippen molar-refractivity contribution in [2.24, 2.45) is 17.8 Å². The van der Waals surface area contributed by atoms with Crippen molar-refractivity contribution in [3.8, 4) is 0 Å². The first-order valence-electron chi connectivity index (χ1n) is 11.9. The van der Waals surface area contributed by atoms with Crippen LogP contribution in [0.3, 0.4) is 0 Å². The molecule has 5 atom stereocenters. The number of piperidine rings is 2. The third-order valence-electron chi connectivity index (χ3n) is 6.81. The van der Waals surface area contributed by atoms with Crippen LogP contribution in [0.4, 0.5) is 9.59 Å². The van der Waals surface area contributed by atoms with E-state index in [4.69, 9.17) is 9.57 Å². The number of hydrazine groups is 1. The second-order valence-electron chi connectivity index (χ2n) is 10.4. The normalized spacial score (nSPS) is 30.2. The molecule has 11 heteroatoms. The van der Waals surface area contributed by atoms with E-state index in [1.807, 2.05) is 20.8 Å². The molecule has 0 unspecified atom stereocenters. The Balaban J connectivity index is 1.21. The lowest BCUT2D eigenvalue weighted by Gasteiger charge is -2.29. The molecule has 0 aromatic rings. The summed E-state index contributed by atoms with van der Waals surface area (Å²) in [5.74, 6) is -0.715. The summed E-state index contributed by atoms with van der Waals surface area (Å²) in [7, 11) is 0. The number of ether oxygens (including phenoxy) is 1. The van der Waals surface area contributed by atoms with Gasteiger partial charge in [0.25, 0.3) is 5.91 Å². The summed E-state index contributed by atoms with van der Waals surface area (Å²) in [5.41, 5.74) is 4.47. The Morgan fingerprint density at radius 1 is 1.03 bits per heavy atom. The van der Waals surface area contributed by atoms with Crippen LogP contribution >= 0.6 is 0 Å². The zero-order chi connectivity index (χ0) is 23.9. The van der Waals surface area contributed by atoms with Gasteiger partial charge in [-0.1, -0.05) is 13.3 Å². The Kier molecular flexibility index (Phi) is 6.43. The molecule has 5 amide bonds. The van der Waals surface area contributed by atoms with Gasteiger partial charge >= 0.3 is 12.1 Å². The lowest BCUT2D eigenvalue weighted by Crippen LogP contribution is -2.54. The first kappa shape index (κ1) is 23.6. The molecule has 33 heavy (non-hydrogen) atoms. The lowest BCUT2D eigenvalue weighted by atomic mass is 10.0. The summed E-state index contributed by atoms with van der Waals surface area (Å²) >= 11 is 0. The third-order valence-corrected chi connectivity index (χ3v) is 6.81. The number of unbranched alkanes of at least 4 members (excludes halogenated alkanes) is 1. The number of hydrogen-bond donors (Lipinski definition) is 2. The summed E-state index contributed by atoms with van der Waals surface area (Å²) in [5, 5.41) is 1.41. The molecular weight excluding hydrogens is 430 g/mol. The van der Waals surface area contributed by atoms with Crippen molar-refractivity contribution in [1.29, 1.82) is 0 Å². The number of likely N-dealkylation sites (tertiary alicyclic amines) is 1. The van der Waals surface area contributed by atoms with Crippen molar-refractivity contribution in [1.82, 2.24) is 25.7 Å². The van der Waals surface area contributed by atoms with Crippen LogP contribution < -0.4 is 10.9 Å². The number of nitrogens with one attached hydrogen (secondary N) is 2. The molecular formula is C22H35N5O6. The maximum atomic E-state index is 12.7. The molecule has 3 saturated heterocycles. The van der Waals surface area contributed by atoms with Gasteiger partial charge in [0.2, 0.25) is 5.91 Å². The predicted octanol–water partition coefficient (Wildman–Crippen LogP) is 1.25. The molecule has 0 radical (unpaired) electrons. The lowest BCUT2D eigenvalue weighted by molar-refractivity contribution is -0.133. The largest absolute Gasteiger partial charge is 0.444 e. The third kappa shape index (κ3) is 4.87. The minimum absolute atomic E-state index is 0.0354. The van der Waals surface area contributed by atoms with E-state index in [1.165, 1.54) is 9.96 Å². The first-order valence-corrected chi connectivity index (χ1v) is 11.9. The van der Waals surface area contributed by atoms with Crippen LogP contribution in [0.5, 0.6) is 0 Å². The van der Waals surface area contributed by atoms with Crippen LogP contribution in [0.2, 0.25) is 0 Å². The number of amides is 5. The first-order chi connectivity index (χ1) is 15.6. The van der Waals surface area contributed by atoms with E-state index in [0.717, 1.165) is 12.8 Å². The number of carbonyl (C=O) groups excluding carboxylic acids is 4. The SMILES string of the molecule is CCCCON1C(=O)N2C[C@@H]1CC[C@H]2C(=O)NNC(=O)[C@@H]1[C@@H]2CN(C(=O)OC(C)(C)C)C[C@@H]21. The average Bonchev–Trinajstić information content (AvgIpc) is 3.14. The monoisotopic (exact) mass is 465 g/mol. The summed E-state index contributed by atoms with van der Waals surface area (Å²) in [4.78, 5) is 58.9. The number of fused-ring (bicyclic) bond motifs is 3. The molecule has 4 fully saturated rings. The molecule has 0 aromatic carbocycles. The van der Waals surface area contributed by atoms with Gasteiger partial charge in [0, 0.05) is 25.6 Å². The summed E-state index contributed by atoms with van der Waals surface area (Å²) in [6, 6.07) is -0.957. The second kappa shape index (κ2) is 9.00. The Bertz CT molecular complexity index is 802. The van der Waals surface area contributed by atoms with Crippen LogP contribution in [-0.4, -0.2) is 82.7 Å². The van der Waals surface area contributed by atoms with Gasteiger partial charge in [0.1, 0.15) is 11.6 Å². The molecule has 0 spiro atoms. The molecule has 1 aliphatic carbocycles. The maximum Gasteiger partial charge on any atom is 0.410 e. The van der Waals surface area contributed by atoms with E-state index in [1.54, 1.807) is 4.90 Å². The van der Waals surface area contributed by atoms with Crippen LogP contribution in [-0.2, 0) is 19.2 Å². The number of hydrogen-bond acceptors (Lipinski definition) is 6. The van der Waals surface area contributed by atoms with Gasteiger partial charge in [-0.15, -0.1) is 0 Å². The highest BCUT2D eigenvalue weighted by atomic mass is 16.7. The summed E-state index contributed by atoms with van der Waals surface area (Å²) in [6.45, 7) is 9.40. The maximum absolute atomic E-state index is 12.7. The van der Waals surface area contributed by atoms with Gasteiger partial charge in [-0.2, -0.15) is 5.06 Å². The van der Waals surface area contributed by atoms with E-state index < -0.39 is 17.6 Å². The topological polar surface area (TPSA) is 121 Å². The van der Waals surface area contributed by atoms with Crippen molar-refractivity contribution in [2.45, 2.75) is 71.1 Å². The molecule has 11 nitrogen and oxygen atoms in total. The van der Waals surface area contributed by atoms with Crippen molar-refractivity contribution < 1.29 is 28.8 Å². The molecule has 2 N–H and O–H groups in total. The Morgan fingerprint density at radius 3 is 2.33 bits per heavy atom. The van der Waals surface area contributed by atoms with Gasteiger partial charge in [0.05, 0.1) is 12.6 Å². The summed E-state index contributed by atoms with van der Waals surface area (Å²) in [6.07, 6.45) is 2.67. The molecule has 184 valence electrons. The van der Waals surface area contributed by atoms with E-state index in [2.05, 4.69) is 17.8 Å². The Labute approximate surface area is 194 Å². The highest BCUT2D eigenvalue weighted by Gasteiger charge is 2.60. The number of carbonyl (C=O) groups is 4. The Hall–Kier alpha value is -2.56. The van der Waals surface area contributed by atoms with Gasteiger partial charge in [0.15, 0.2) is 0 Å². The van der Waals surface area contributed by atoms with E-state index in [9.17, 15) is 19.2 Å². The van der Waals surface area contributed by atoms with E-state index in [0.29, 0.717) is 39.1 Å². The van der Waals surface area contributed by atoms with Crippen molar-refractivity contribution in [3.05, 3.63) is 0 Å². The van der Waals surface area contributed by atoms with E-state index >= 15 is 0 Å². The van der Waals surface area contributed by atoms with Crippen molar-refractivity contribution in [2.75, 3.05) is 26.2 Å². The quantitative estimate of drug-likeness (QED) is 0.450. The Morgan fingerprint density at radius 2 is 1.70 bits per heavy atom. The number of hydroxylamine groups is 2. The second-order valence-corrected chi connectivity index (χ2v) is 10.4. The van der Waals surface area contributed by atoms with Gasteiger partial charge in [-0.3, -0.25) is 25.3 Å². The minimum atomic E-state index is -0.629. The van der Waals surface area contributed by atoms with Crippen molar-refractivity contribution in [3.63, 3.8) is 0 Å². The number of urea groups is 1. The molecule has 1 saturated carbocycles. The standard InChI is InChI=1S/C22H35N5O6/c1-5-6-9-32-27-13-7-8-16(26(10-13)20(27)30)18(28)23-24-19(29)17-14-11-25(12-15(14)17)21(31)33-22(2,3)4/h13-17H,5-12H2,1-4H3,(H,23,28)(H,24,29)/t13-,14-,15+,16-,17-/m0/s1. The van der Waals surface area contributed by atoms with Gasteiger partial charge < -0.3 is 14.5 Å². The smallest absolute Gasteiger partial charge is 0.410 e. The fourth-order valence-electron chi connectivity index (χ4n) is 5.06. The van der Waals surface area contributed by atoms with E-state index in [-0.39, 0.29) is 41.8 Å². The number of rotatable bonds is 6. The summed E-state index contributed by atoms with van der Waals surface area (Å²) < 4.78 is 5.38. The fourth-order valence-corrected chi connectivity index (χ4v) is 5.06. The highest BCUT2D eigenvalue weighted by Crippen LogP contribution is 2.51. The predicted molar refractivity (Wildman–Crippen MR) is 116 cm³/mol. The molecule has 4 aliphatic rings. The van der Waals surface area contributed by atoms with Crippen LogP contribution in [0.15, 0.2) is 0 Å². The molecule has 4 rings (SSSR count). The van der Waals surface area contributed by atoms with Crippen LogP contribution in [0.25, 0.3) is 0 Å². The van der Waals surface area contributed by atoms with Gasteiger partial charge in [-0.25, -0.2) is 9.59 Å². The highest BCUT2D eigenvalue weighted by molar-refractivity contribution is 5.91. The fraction of sp³-hybridized carbons (Fsp3) is 0.818. The average molecular weight is 466 g/mol. The molecule has 2 bridgehead atoms. The molecule has 3 aliphatic heterocycles. The van der Waals surface area contributed by atoms with Crippen molar-refractivity contribution >= 4 is 23.9 Å². The van der Waals surface area contributed by atoms with Crippen LogP contribution in [0.1, 0.15) is 53.4 Å². The molecule has 0 aromatic heterocycles. The van der Waals surface area contributed by atoms with Gasteiger partial charge in [-0.05, 0) is 51.9 Å². The zero-order valence-corrected chi connectivity index (χ0v) is 19.8. The number of nitrogens with zero attached hydrogens (tertiary/aromatic N) is 3. The minimum Gasteiger partial charge on any atom is -0.444 e. The zero-order valence-electron chi connectivity index (χ0n) is 19.8. The molecule has 3 heterocycles.